The van der Waals surface area contributed by atoms with Gasteiger partial charge in [-0.05, 0) is 46.3 Å². The topological polar surface area (TPSA) is 138 Å². The number of carbonyl (C=O) groups is 1. The summed E-state index contributed by atoms with van der Waals surface area (Å²) in [4.78, 5) is 11.3. The molecule has 4 aromatic rings. The molecule has 0 bridgehead atoms. The van der Waals surface area contributed by atoms with Gasteiger partial charge in [-0.3, -0.25) is 4.72 Å². The van der Waals surface area contributed by atoms with Crippen LogP contribution in [0.3, 0.4) is 0 Å². The predicted octanol–water partition coefficient (Wildman–Crippen LogP) is 2.66. The van der Waals surface area contributed by atoms with Crippen molar-refractivity contribution in [3.8, 4) is 11.4 Å². The highest BCUT2D eigenvalue weighted by Crippen LogP contribution is 2.28. The first-order chi connectivity index (χ1) is 13.8. The molecule has 0 amide bonds. The molecule has 0 aliphatic heterocycles. The molecular weight excluding hydrogens is 401 g/mol. The van der Waals surface area contributed by atoms with Crippen molar-refractivity contribution >= 4 is 32.5 Å². The van der Waals surface area contributed by atoms with Crippen LogP contribution >= 0.6 is 0 Å². The van der Waals surface area contributed by atoms with E-state index in [2.05, 4.69) is 25.3 Å². The number of fused-ring (bicyclic) bond motifs is 1. The van der Waals surface area contributed by atoms with E-state index in [9.17, 15) is 22.7 Å². The number of sulfonamides is 1. The molecule has 1 heterocycles. The van der Waals surface area contributed by atoms with Gasteiger partial charge in [0, 0.05) is 0 Å². The number of halogens is 1. The maximum atomic E-state index is 14.1. The summed E-state index contributed by atoms with van der Waals surface area (Å²) in [6, 6.07) is 12.8. The summed E-state index contributed by atoms with van der Waals surface area (Å²) in [6.07, 6.45) is 0. The summed E-state index contributed by atoms with van der Waals surface area (Å²) in [5.74, 6) is -2.14. The smallest absolute Gasteiger partial charge is 0.337 e. The van der Waals surface area contributed by atoms with Crippen LogP contribution in [-0.4, -0.2) is 40.1 Å². The minimum absolute atomic E-state index is 0.110. The van der Waals surface area contributed by atoms with Crippen molar-refractivity contribution in [3.63, 3.8) is 0 Å². The summed E-state index contributed by atoms with van der Waals surface area (Å²) >= 11 is 0. The number of hydrogen-bond acceptors (Lipinski definition) is 6. The van der Waals surface area contributed by atoms with Gasteiger partial charge in [-0.25, -0.2) is 17.6 Å². The highest BCUT2D eigenvalue weighted by atomic mass is 32.2. The van der Waals surface area contributed by atoms with Gasteiger partial charge in [0.1, 0.15) is 5.82 Å². The fraction of sp³-hybridized carbons (Fsp3) is 0. The summed E-state index contributed by atoms with van der Waals surface area (Å²) in [5.41, 5.74) is -0.493. The van der Waals surface area contributed by atoms with E-state index in [1.54, 1.807) is 24.3 Å². The molecule has 0 fully saturated rings. The Balaban J connectivity index is 1.79. The molecule has 0 radical (unpaired) electrons. The number of aromatic amines is 1. The summed E-state index contributed by atoms with van der Waals surface area (Å²) in [5, 5.41) is 23.6. The second kappa shape index (κ2) is 6.95. The van der Waals surface area contributed by atoms with Crippen molar-refractivity contribution in [2.45, 2.75) is 4.90 Å². The van der Waals surface area contributed by atoms with E-state index in [-0.39, 0.29) is 27.5 Å². The zero-order valence-electron chi connectivity index (χ0n) is 14.5. The molecule has 3 aromatic carbocycles. The number of hydrogen-bond donors (Lipinski definition) is 3. The Kier molecular flexibility index (Phi) is 4.43. The number of benzene rings is 3. The zero-order chi connectivity index (χ0) is 20.6. The molecule has 0 unspecified atom stereocenters. The van der Waals surface area contributed by atoms with Crippen LogP contribution in [0, 0.1) is 5.82 Å². The molecule has 0 saturated carbocycles. The van der Waals surface area contributed by atoms with Crippen LogP contribution in [0.15, 0.2) is 59.5 Å². The van der Waals surface area contributed by atoms with Crippen LogP contribution in [0.4, 0.5) is 10.1 Å². The monoisotopic (exact) mass is 413 g/mol. The first-order valence-corrected chi connectivity index (χ1v) is 9.66. The van der Waals surface area contributed by atoms with Gasteiger partial charge >= 0.3 is 5.97 Å². The van der Waals surface area contributed by atoms with Crippen molar-refractivity contribution in [3.05, 3.63) is 66.0 Å². The van der Waals surface area contributed by atoms with E-state index in [1.807, 2.05) is 0 Å². The Morgan fingerprint density at radius 3 is 2.45 bits per heavy atom. The van der Waals surface area contributed by atoms with Gasteiger partial charge in [0.25, 0.3) is 10.0 Å². The molecule has 0 aliphatic rings. The summed E-state index contributed by atoms with van der Waals surface area (Å²) in [7, 11) is -4.23. The van der Waals surface area contributed by atoms with Gasteiger partial charge in [0.15, 0.2) is 0 Å². The van der Waals surface area contributed by atoms with Gasteiger partial charge in [-0.15, -0.1) is 10.2 Å². The molecule has 4 rings (SSSR count). The normalized spacial score (nSPS) is 11.5. The summed E-state index contributed by atoms with van der Waals surface area (Å²) < 4.78 is 42.1. The number of rotatable bonds is 5. The van der Waals surface area contributed by atoms with Crippen molar-refractivity contribution in [1.29, 1.82) is 0 Å². The van der Waals surface area contributed by atoms with Crippen LogP contribution in [0.2, 0.25) is 0 Å². The Labute approximate surface area is 163 Å². The lowest BCUT2D eigenvalue weighted by atomic mass is 10.1. The maximum Gasteiger partial charge on any atom is 0.337 e. The van der Waals surface area contributed by atoms with Crippen LogP contribution in [0.25, 0.3) is 22.2 Å². The van der Waals surface area contributed by atoms with E-state index >= 15 is 0 Å². The Hall–Kier alpha value is -3.86. The second-order valence-electron chi connectivity index (χ2n) is 6.03. The average molecular weight is 413 g/mol. The first-order valence-electron chi connectivity index (χ1n) is 8.17. The molecule has 9 nitrogen and oxygen atoms in total. The Morgan fingerprint density at radius 2 is 1.79 bits per heavy atom. The third kappa shape index (κ3) is 3.50. The van der Waals surface area contributed by atoms with Gasteiger partial charge in [-0.1, -0.05) is 24.3 Å². The standard InChI is InChI=1S/C18H12FN5O4S/c19-15-6-5-12(9-13(15)17-20-23-24-21-17)29(27,28)22-16-8-11-4-2-1-3-10(11)7-14(16)18(25)26/h1-9,22H,(H,25,26)(H,20,21,23,24). The van der Waals surface area contributed by atoms with Crippen LogP contribution < -0.4 is 4.72 Å². The molecule has 0 aliphatic carbocycles. The van der Waals surface area contributed by atoms with E-state index < -0.39 is 21.8 Å². The number of nitrogens with zero attached hydrogens (tertiary/aromatic N) is 3. The molecular formula is C18H12FN5O4S. The number of H-pyrrole nitrogens is 1. The van der Waals surface area contributed by atoms with E-state index in [1.165, 1.54) is 12.1 Å². The minimum Gasteiger partial charge on any atom is -0.478 e. The lowest BCUT2D eigenvalue weighted by molar-refractivity contribution is 0.0698. The average Bonchev–Trinajstić information content (AvgIpc) is 3.21. The lowest BCUT2D eigenvalue weighted by Crippen LogP contribution is -2.16. The van der Waals surface area contributed by atoms with Crippen molar-refractivity contribution in [2.75, 3.05) is 4.72 Å². The quantitative estimate of drug-likeness (QED) is 0.457. The highest BCUT2D eigenvalue weighted by Gasteiger charge is 2.22. The number of carboxylic acid groups (broad SMARTS) is 1. The molecule has 3 N–H and O–H groups in total. The molecule has 0 atom stereocenters. The number of anilines is 1. The number of tetrazole rings is 1. The first kappa shape index (κ1) is 18.5. The van der Waals surface area contributed by atoms with Crippen LogP contribution in [0.5, 0.6) is 0 Å². The number of aromatic carboxylic acids is 1. The Morgan fingerprint density at radius 1 is 1.07 bits per heavy atom. The van der Waals surface area contributed by atoms with Crippen LogP contribution in [0.1, 0.15) is 10.4 Å². The molecule has 29 heavy (non-hydrogen) atoms. The lowest BCUT2D eigenvalue weighted by Gasteiger charge is -2.13. The van der Waals surface area contributed by atoms with Gasteiger partial charge in [0.2, 0.25) is 5.82 Å². The van der Waals surface area contributed by atoms with Crippen molar-refractivity contribution < 1.29 is 22.7 Å². The van der Waals surface area contributed by atoms with Gasteiger partial charge < -0.3 is 5.11 Å². The molecule has 0 spiro atoms. The summed E-state index contributed by atoms with van der Waals surface area (Å²) in [6.45, 7) is 0. The molecule has 146 valence electrons. The van der Waals surface area contributed by atoms with Crippen LogP contribution in [-0.2, 0) is 10.0 Å². The fourth-order valence-corrected chi connectivity index (χ4v) is 3.92. The van der Waals surface area contributed by atoms with E-state index in [0.717, 1.165) is 18.2 Å². The molecule has 1 aromatic heterocycles. The fourth-order valence-electron chi connectivity index (χ4n) is 2.82. The third-order valence-corrected chi connectivity index (χ3v) is 5.56. The van der Waals surface area contributed by atoms with Crippen molar-refractivity contribution in [1.82, 2.24) is 20.6 Å². The third-order valence-electron chi connectivity index (χ3n) is 4.19. The SMILES string of the molecule is O=C(O)c1cc2ccccc2cc1NS(=O)(=O)c1ccc(F)c(-c2nn[nH]n2)c1. The largest absolute Gasteiger partial charge is 0.478 e. The van der Waals surface area contributed by atoms with Gasteiger partial charge in [-0.2, -0.15) is 5.21 Å². The second-order valence-corrected chi connectivity index (χ2v) is 7.72. The predicted molar refractivity (Wildman–Crippen MR) is 101 cm³/mol. The molecule has 11 heteroatoms. The highest BCUT2D eigenvalue weighted by molar-refractivity contribution is 7.92. The molecule has 0 saturated heterocycles. The Bertz CT molecular complexity index is 1340. The zero-order valence-corrected chi connectivity index (χ0v) is 15.3. The number of nitrogens with one attached hydrogen (secondary N) is 2. The van der Waals surface area contributed by atoms with E-state index in [4.69, 9.17) is 0 Å². The number of aromatic nitrogens is 4. The maximum absolute atomic E-state index is 14.1. The van der Waals surface area contributed by atoms with E-state index in [0.29, 0.717) is 10.8 Å². The minimum atomic E-state index is -4.23. The van der Waals surface area contributed by atoms with Gasteiger partial charge in [0.05, 0.1) is 21.7 Å². The number of carboxylic acids is 1. The van der Waals surface area contributed by atoms with Crippen molar-refractivity contribution in [2.24, 2.45) is 0 Å².